The van der Waals surface area contributed by atoms with Crippen LogP contribution >= 0.6 is 0 Å². The Morgan fingerprint density at radius 3 is 2.52 bits per heavy atom. The van der Waals surface area contributed by atoms with Crippen LogP contribution in [0.3, 0.4) is 0 Å². The first kappa shape index (κ1) is 19.4. The van der Waals surface area contributed by atoms with E-state index in [-0.39, 0.29) is 29.5 Å². The van der Waals surface area contributed by atoms with Crippen LogP contribution in [0.4, 0.5) is 0 Å². The van der Waals surface area contributed by atoms with Crippen LogP contribution in [0.25, 0.3) is 0 Å². The van der Waals surface area contributed by atoms with E-state index in [0.717, 1.165) is 18.4 Å². The van der Waals surface area contributed by atoms with E-state index in [4.69, 9.17) is 4.74 Å². The van der Waals surface area contributed by atoms with E-state index < -0.39 is 10.0 Å². The Morgan fingerprint density at radius 1 is 1.19 bits per heavy atom. The van der Waals surface area contributed by atoms with Gasteiger partial charge >= 0.3 is 0 Å². The highest BCUT2D eigenvalue weighted by Gasteiger charge is 2.28. The van der Waals surface area contributed by atoms with Crippen molar-refractivity contribution >= 4 is 15.9 Å². The van der Waals surface area contributed by atoms with Gasteiger partial charge in [-0.2, -0.15) is 0 Å². The third-order valence-corrected chi connectivity index (χ3v) is 5.91. The van der Waals surface area contributed by atoms with Gasteiger partial charge in [0.2, 0.25) is 10.0 Å². The van der Waals surface area contributed by atoms with Crippen molar-refractivity contribution in [1.82, 2.24) is 10.0 Å². The summed E-state index contributed by atoms with van der Waals surface area (Å²) in [6.07, 6.45) is 1.77. The predicted molar refractivity (Wildman–Crippen MR) is 103 cm³/mol. The second-order valence-corrected chi connectivity index (χ2v) is 8.53. The predicted octanol–water partition coefficient (Wildman–Crippen LogP) is 2.69. The molecular weight excluding hydrogens is 364 g/mol. The Morgan fingerprint density at radius 2 is 1.89 bits per heavy atom. The van der Waals surface area contributed by atoms with Crippen molar-refractivity contribution in [3.63, 3.8) is 0 Å². The fraction of sp³-hybridized carbons (Fsp3) is 0.350. The largest absolute Gasteiger partial charge is 0.484 e. The summed E-state index contributed by atoms with van der Waals surface area (Å²) in [5, 5.41) is 2.88. The van der Waals surface area contributed by atoms with Crippen LogP contribution in [-0.4, -0.2) is 27.0 Å². The number of amides is 1. The minimum atomic E-state index is -3.50. The molecule has 3 rings (SSSR count). The van der Waals surface area contributed by atoms with E-state index >= 15 is 0 Å². The van der Waals surface area contributed by atoms with Crippen molar-refractivity contribution < 1.29 is 17.9 Å². The van der Waals surface area contributed by atoms with E-state index in [9.17, 15) is 13.2 Å². The monoisotopic (exact) mass is 388 g/mol. The second kappa shape index (κ2) is 8.10. The molecular formula is C20H24N2O4S. The van der Waals surface area contributed by atoms with E-state index in [1.54, 1.807) is 19.1 Å². The molecule has 0 unspecified atom stereocenters. The van der Waals surface area contributed by atoms with Crippen LogP contribution in [-0.2, 0) is 14.8 Å². The zero-order valence-electron chi connectivity index (χ0n) is 15.4. The number of benzene rings is 2. The summed E-state index contributed by atoms with van der Waals surface area (Å²) in [4.78, 5) is 12.3. The summed E-state index contributed by atoms with van der Waals surface area (Å²) >= 11 is 0. The number of sulfonamides is 1. The number of hydrogen-bond acceptors (Lipinski definition) is 4. The molecule has 0 aromatic heterocycles. The SMILES string of the molecule is Cc1cc(S(=O)(=O)NC2CC2)ccc1OCC(=O)N[C@H](C)c1ccccc1. The minimum absolute atomic E-state index is 0.0570. The smallest absolute Gasteiger partial charge is 0.258 e. The molecule has 6 nitrogen and oxygen atoms in total. The van der Waals surface area contributed by atoms with E-state index in [2.05, 4.69) is 10.0 Å². The molecule has 7 heteroatoms. The van der Waals surface area contributed by atoms with Gasteiger partial charge < -0.3 is 10.1 Å². The maximum absolute atomic E-state index is 12.3. The van der Waals surface area contributed by atoms with Crippen molar-refractivity contribution in [1.29, 1.82) is 0 Å². The molecule has 0 bridgehead atoms. The maximum atomic E-state index is 12.3. The third kappa shape index (κ3) is 5.30. The van der Waals surface area contributed by atoms with E-state index in [0.29, 0.717) is 11.3 Å². The lowest BCUT2D eigenvalue weighted by atomic mass is 10.1. The molecule has 1 fully saturated rings. The molecule has 2 aromatic rings. The average molecular weight is 388 g/mol. The molecule has 2 aromatic carbocycles. The first-order chi connectivity index (χ1) is 12.8. The molecule has 1 atom stereocenters. The maximum Gasteiger partial charge on any atom is 0.258 e. The van der Waals surface area contributed by atoms with Gasteiger partial charge in [-0.3, -0.25) is 4.79 Å². The summed E-state index contributed by atoms with van der Waals surface area (Å²) in [7, 11) is -3.50. The van der Waals surface area contributed by atoms with Gasteiger partial charge in [-0.25, -0.2) is 13.1 Å². The van der Waals surface area contributed by atoms with Crippen LogP contribution in [0.15, 0.2) is 53.4 Å². The highest BCUT2D eigenvalue weighted by atomic mass is 32.2. The van der Waals surface area contributed by atoms with Gasteiger partial charge in [0.05, 0.1) is 10.9 Å². The Bertz CT molecular complexity index is 909. The van der Waals surface area contributed by atoms with Gasteiger partial charge in [-0.05, 0) is 56.0 Å². The first-order valence-electron chi connectivity index (χ1n) is 8.95. The minimum Gasteiger partial charge on any atom is -0.484 e. The number of rotatable bonds is 8. The van der Waals surface area contributed by atoms with Gasteiger partial charge in [-0.15, -0.1) is 0 Å². The van der Waals surface area contributed by atoms with Crippen molar-refractivity contribution in [3.8, 4) is 5.75 Å². The van der Waals surface area contributed by atoms with Gasteiger partial charge in [0.15, 0.2) is 6.61 Å². The molecule has 27 heavy (non-hydrogen) atoms. The van der Waals surface area contributed by atoms with Crippen LogP contribution in [0.2, 0.25) is 0 Å². The summed E-state index contributed by atoms with van der Waals surface area (Å²) in [5.41, 5.74) is 1.68. The molecule has 144 valence electrons. The van der Waals surface area contributed by atoms with Crippen LogP contribution in [0, 0.1) is 6.92 Å². The van der Waals surface area contributed by atoms with Crippen molar-refractivity contribution in [2.24, 2.45) is 0 Å². The molecule has 1 aliphatic carbocycles. The normalized spacial score (nSPS) is 15.2. The topological polar surface area (TPSA) is 84.5 Å². The van der Waals surface area contributed by atoms with Gasteiger partial charge in [0, 0.05) is 6.04 Å². The van der Waals surface area contributed by atoms with Gasteiger partial charge in [0.1, 0.15) is 5.75 Å². The van der Waals surface area contributed by atoms with Crippen molar-refractivity contribution in [2.45, 2.75) is 43.7 Å². The van der Waals surface area contributed by atoms with Crippen LogP contribution in [0.1, 0.15) is 36.9 Å². The summed E-state index contributed by atoms with van der Waals surface area (Å²) in [6, 6.07) is 14.2. The highest BCUT2D eigenvalue weighted by molar-refractivity contribution is 7.89. The number of aryl methyl sites for hydroxylation is 1. The van der Waals surface area contributed by atoms with Crippen LogP contribution < -0.4 is 14.8 Å². The van der Waals surface area contributed by atoms with Gasteiger partial charge in [0.25, 0.3) is 5.91 Å². The Kier molecular flexibility index (Phi) is 5.82. The Labute approximate surface area is 160 Å². The zero-order chi connectivity index (χ0) is 19.4. The summed E-state index contributed by atoms with van der Waals surface area (Å²) in [5.74, 6) is 0.251. The standard InChI is InChI=1S/C20H24N2O4S/c1-14-12-18(27(24,25)22-17-8-9-17)10-11-19(14)26-13-20(23)21-15(2)16-6-4-3-5-7-16/h3-7,10-12,15,17,22H,8-9,13H2,1-2H3,(H,21,23)/t15-/m1/s1. The van der Waals surface area contributed by atoms with Crippen LogP contribution in [0.5, 0.6) is 5.75 Å². The molecule has 0 aliphatic heterocycles. The molecule has 1 aliphatic rings. The zero-order valence-corrected chi connectivity index (χ0v) is 16.3. The van der Waals surface area contributed by atoms with Crippen molar-refractivity contribution in [3.05, 3.63) is 59.7 Å². The molecule has 1 saturated carbocycles. The quantitative estimate of drug-likeness (QED) is 0.728. The highest BCUT2D eigenvalue weighted by Crippen LogP contribution is 2.25. The summed E-state index contributed by atoms with van der Waals surface area (Å²) in [6.45, 7) is 3.53. The molecule has 2 N–H and O–H groups in total. The average Bonchev–Trinajstić information content (AvgIpc) is 3.44. The molecule has 0 spiro atoms. The fourth-order valence-corrected chi connectivity index (χ4v) is 4.08. The van der Waals surface area contributed by atoms with E-state index in [1.807, 2.05) is 37.3 Å². The number of hydrogen-bond donors (Lipinski definition) is 2. The Balaban J connectivity index is 1.57. The number of nitrogens with one attached hydrogen (secondary N) is 2. The lowest BCUT2D eigenvalue weighted by Crippen LogP contribution is -2.31. The third-order valence-electron chi connectivity index (χ3n) is 4.39. The first-order valence-corrected chi connectivity index (χ1v) is 10.4. The number of carbonyl (C=O) groups is 1. The van der Waals surface area contributed by atoms with Gasteiger partial charge in [-0.1, -0.05) is 30.3 Å². The molecule has 0 heterocycles. The van der Waals surface area contributed by atoms with E-state index in [1.165, 1.54) is 6.07 Å². The Hall–Kier alpha value is -2.38. The lowest BCUT2D eigenvalue weighted by molar-refractivity contribution is -0.123. The van der Waals surface area contributed by atoms with Crippen molar-refractivity contribution in [2.75, 3.05) is 6.61 Å². The number of carbonyl (C=O) groups excluding carboxylic acids is 1. The summed E-state index contributed by atoms with van der Waals surface area (Å²) < 4.78 is 32.7. The second-order valence-electron chi connectivity index (χ2n) is 6.81. The molecule has 1 amide bonds. The molecule has 0 radical (unpaired) electrons. The molecule has 0 saturated heterocycles. The fourth-order valence-electron chi connectivity index (χ4n) is 2.69. The number of ether oxygens (including phenoxy) is 1. The lowest BCUT2D eigenvalue weighted by Gasteiger charge is -2.15.